The second-order valence-electron chi connectivity index (χ2n) is 4.29. The molecular weight excluding hydrogens is 230 g/mol. The lowest BCUT2D eigenvalue weighted by Crippen LogP contribution is -2.27. The van der Waals surface area contributed by atoms with Crippen molar-refractivity contribution in [3.05, 3.63) is 35.4 Å². The Labute approximate surface area is 107 Å². The lowest BCUT2D eigenvalue weighted by molar-refractivity contribution is 0.395. The number of hydrogen-bond donors (Lipinski definition) is 1. The van der Waals surface area contributed by atoms with Crippen LogP contribution >= 0.6 is 11.8 Å². The maximum absolute atomic E-state index is 5.78. The fourth-order valence-electron chi connectivity index (χ4n) is 2.57. The van der Waals surface area contributed by atoms with E-state index >= 15 is 0 Å². The summed E-state index contributed by atoms with van der Waals surface area (Å²) in [6, 6.07) is 2.15. The van der Waals surface area contributed by atoms with Crippen molar-refractivity contribution in [2.45, 2.75) is 23.7 Å². The van der Waals surface area contributed by atoms with Crippen molar-refractivity contribution >= 4 is 11.8 Å². The molecule has 1 aromatic rings. The molecule has 2 nitrogen and oxygen atoms in total. The van der Waals surface area contributed by atoms with E-state index in [2.05, 4.69) is 18.9 Å². The third kappa shape index (κ3) is 1.98. The Hall–Kier alpha value is -0.930. The molecule has 1 aromatic carbocycles. The van der Waals surface area contributed by atoms with E-state index in [1.807, 2.05) is 17.8 Å². The van der Waals surface area contributed by atoms with Crippen molar-refractivity contribution in [2.24, 2.45) is 5.73 Å². The van der Waals surface area contributed by atoms with Crippen molar-refractivity contribution in [1.82, 2.24) is 0 Å². The maximum atomic E-state index is 5.78. The standard InChI is InChI=1S/C14H19NOS/c1-4-5-9-7-12(16-2)13-10(8-15)6-11(13)14(9)17-3/h4,7,10H,1,5-6,8,15H2,2-3H3. The SMILES string of the molecule is C=CCc1cc(OC)c2c(c1SC)CC2CN. The van der Waals surface area contributed by atoms with Gasteiger partial charge >= 0.3 is 0 Å². The van der Waals surface area contributed by atoms with E-state index in [9.17, 15) is 0 Å². The van der Waals surface area contributed by atoms with Crippen molar-refractivity contribution in [3.8, 4) is 5.75 Å². The minimum absolute atomic E-state index is 0.476. The molecule has 92 valence electrons. The van der Waals surface area contributed by atoms with Crippen LogP contribution in [0, 0.1) is 0 Å². The first-order valence-corrected chi connectivity index (χ1v) is 7.06. The Morgan fingerprint density at radius 3 is 2.94 bits per heavy atom. The highest BCUT2D eigenvalue weighted by Gasteiger charge is 2.32. The van der Waals surface area contributed by atoms with Gasteiger partial charge in [0.05, 0.1) is 7.11 Å². The van der Waals surface area contributed by atoms with Crippen LogP contribution in [-0.4, -0.2) is 19.9 Å². The summed E-state index contributed by atoms with van der Waals surface area (Å²) in [4.78, 5) is 1.39. The molecule has 0 spiro atoms. The van der Waals surface area contributed by atoms with Crippen LogP contribution in [0.25, 0.3) is 0 Å². The Morgan fingerprint density at radius 1 is 1.65 bits per heavy atom. The van der Waals surface area contributed by atoms with E-state index in [1.165, 1.54) is 21.6 Å². The van der Waals surface area contributed by atoms with Crippen molar-refractivity contribution in [3.63, 3.8) is 0 Å². The maximum Gasteiger partial charge on any atom is 0.123 e. The lowest BCUT2D eigenvalue weighted by Gasteiger charge is -2.34. The summed E-state index contributed by atoms with van der Waals surface area (Å²) in [6.45, 7) is 4.52. The van der Waals surface area contributed by atoms with Crippen LogP contribution in [-0.2, 0) is 12.8 Å². The monoisotopic (exact) mass is 249 g/mol. The zero-order valence-corrected chi connectivity index (χ0v) is 11.3. The van der Waals surface area contributed by atoms with Gasteiger partial charge in [0.25, 0.3) is 0 Å². The molecule has 17 heavy (non-hydrogen) atoms. The summed E-state index contributed by atoms with van der Waals surface area (Å²) in [5.74, 6) is 1.47. The molecule has 0 fully saturated rings. The topological polar surface area (TPSA) is 35.2 Å². The smallest absolute Gasteiger partial charge is 0.123 e. The summed E-state index contributed by atoms with van der Waals surface area (Å²) in [5, 5.41) is 0. The van der Waals surface area contributed by atoms with E-state index in [1.54, 1.807) is 7.11 Å². The van der Waals surface area contributed by atoms with Gasteiger partial charge in [-0.15, -0.1) is 18.3 Å². The number of ether oxygens (including phenoxy) is 1. The molecule has 0 bridgehead atoms. The molecule has 0 amide bonds. The van der Waals surface area contributed by atoms with Crippen molar-refractivity contribution in [2.75, 3.05) is 19.9 Å². The van der Waals surface area contributed by atoms with Gasteiger partial charge in [-0.25, -0.2) is 0 Å². The van der Waals surface area contributed by atoms with Crippen LogP contribution in [0.4, 0.5) is 0 Å². The molecule has 1 unspecified atom stereocenters. The minimum atomic E-state index is 0.476. The zero-order valence-electron chi connectivity index (χ0n) is 10.5. The predicted octanol–water partition coefficient (Wildman–Crippen LogP) is 2.74. The summed E-state index contributed by atoms with van der Waals surface area (Å²) in [7, 11) is 1.73. The van der Waals surface area contributed by atoms with Gasteiger partial charge in [0.2, 0.25) is 0 Å². The van der Waals surface area contributed by atoms with Gasteiger partial charge in [0, 0.05) is 16.4 Å². The molecule has 3 heteroatoms. The van der Waals surface area contributed by atoms with Crippen LogP contribution in [0.5, 0.6) is 5.75 Å². The molecule has 0 saturated carbocycles. The molecule has 0 aliphatic heterocycles. The highest BCUT2D eigenvalue weighted by molar-refractivity contribution is 7.98. The van der Waals surface area contributed by atoms with Crippen molar-refractivity contribution < 1.29 is 4.74 Å². The van der Waals surface area contributed by atoms with Crippen LogP contribution in [0.2, 0.25) is 0 Å². The Balaban J connectivity index is 2.53. The average Bonchev–Trinajstić information content (AvgIpc) is 2.31. The number of methoxy groups -OCH3 is 1. The van der Waals surface area contributed by atoms with E-state index in [0.717, 1.165) is 18.6 Å². The fraction of sp³-hybridized carbons (Fsp3) is 0.429. The zero-order chi connectivity index (χ0) is 12.4. The molecule has 2 rings (SSSR count). The first-order chi connectivity index (χ1) is 8.26. The van der Waals surface area contributed by atoms with E-state index < -0.39 is 0 Å². The summed E-state index contributed by atoms with van der Waals surface area (Å²) in [5.41, 5.74) is 9.86. The first kappa shape index (κ1) is 12.5. The third-order valence-corrected chi connectivity index (χ3v) is 4.31. The molecule has 1 aliphatic rings. The molecular formula is C14H19NOS. The second kappa shape index (κ2) is 5.15. The largest absolute Gasteiger partial charge is 0.496 e. The number of allylic oxidation sites excluding steroid dienone is 1. The van der Waals surface area contributed by atoms with Crippen LogP contribution < -0.4 is 10.5 Å². The summed E-state index contributed by atoms with van der Waals surface area (Å²) >= 11 is 1.81. The average molecular weight is 249 g/mol. The molecule has 0 aromatic heterocycles. The van der Waals surface area contributed by atoms with Crippen molar-refractivity contribution in [1.29, 1.82) is 0 Å². The Kier molecular flexibility index (Phi) is 3.79. The molecule has 0 radical (unpaired) electrons. The van der Waals surface area contributed by atoms with Crippen LogP contribution in [0.1, 0.15) is 22.6 Å². The summed E-state index contributed by atoms with van der Waals surface area (Å²) < 4.78 is 5.50. The van der Waals surface area contributed by atoms with Gasteiger partial charge in [-0.05, 0) is 42.8 Å². The van der Waals surface area contributed by atoms with E-state index in [0.29, 0.717) is 12.5 Å². The molecule has 0 saturated heterocycles. The first-order valence-electron chi connectivity index (χ1n) is 5.84. The second-order valence-corrected chi connectivity index (χ2v) is 5.11. The van der Waals surface area contributed by atoms with Crippen LogP contribution in [0.3, 0.4) is 0 Å². The highest BCUT2D eigenvalue weighted by atomic mass is 32.2. The summed E-state index contributed by atoms with van der Waals surface area (Å²) in [6.07, 6.45) is 6.06. The molecule has 1 aliphatic carbocycles. The van der Waals surface area contributed by atoms with Gasteiger partial charge in [0.1, 0.15) is 5.75 Å². The highest BCUT2D eigenvalue weighted by Crippen LogP contribution is 2.47. The Bertz CT molecular complexity index is 442. The number of benzene rings is 1. The predicted molar refractivity (Wildman–Crippen MR) is 74.2 cm³/mol. The minimum Gasteiger partial charge on any atom is -0.496 e. The number of fused-ring (bicyclic) bond motifs is 1. The molecule has 1 atom stereocenters. The van der Waals surface area contributed by atoms with Crippen LogP contribution in [0.15, 0.2) is 23.6 Å². The normalized spacial score (nSPS) is 17.2. The van der Waals surface area contributed by atoms with Gasteiger partial charge < -0.3 is 10.5 Å². The number of thioether (sulfide) groups is 1. The number of nitrogens with two attached hydrogens (primary N) is 1. The molecule has 2 N–H and O–H groups in total. The number of hydrogen-bond acceptors (Lipinski definition) is 3. The third-order valence-electron chi connectivity index (χ3n) is 3.39. The van der Waals surface area contributed by atoms with Gasteiger partial charge in [-0.2, -0.15) is 0 Å². The fourth-order valence-corrected chi connectivity index (χ4v) is 3.41. The Morgan fingerprint density at radius 2 is 2.41 bits per heavy atom. The van der Waals surface area contributed by atoms with E-state index in [-0.39, 0.29) is 0 Å². The van der Waals surface area contributed by atoms with Gasteiger partial charge in [-0.3, -0.25) is 0 Å². The van der Waals surface area contributed by atoms with Gasteiger partial charge in [-0.1, -0.05) is 6.08 Å². The lowest BCUT2D eigenvalue weighted by atomic mass is 9.75. The quantitative estimate of drug-likeness (QED) is 0.644. The van der Waals surface area contributed by atoms with Gasteiger partial charge in [0.15, 0.2) is 0 Å². The number of rotatable bonds is 5. The molecule has 0 heterocycles. The van der Waals surface area contributed by atoms with E-state index in [4.69, 9.17) is 10.5 Å².